The van der Waals surface area contributed by atoms with Gasteiger partial charge in [-0.1, -0.05) is 54.6 Å². The Balaban J connectivity index is 1.74. The van der Waals surface area contributed by atoms with Gasteiger partial charge in [-0.25, -0.2) is 9.69 Å². The zero-order valence-corrected chi connectivity index (χ0v) is 21.4. The number of hydrogen-bond acceptors (Lipinski definition) is 6. The number of aromatic nitrogens is 1. The summed E-state index contributed by atoms with van der Waals surface area (Å²) in [5.41, 5.74) is 0.438. The second-order valence-electron chi connectivity index (χ2n) is 8.57. The number of pyridine rings is 1. The standard InChI is InChI=1S/C30H22N2O5S/c1-19-18-38-29-23(19)25(37-30(36)21-14-8-4-9-15-21)24(27(34)31(29)2)28(35)32(22-16-10-5-11-17-22)26(33)20-12-6-3-7-13-20/h3-18H,1-2H3. The molecule has 3 aromatic carbocycles. The van der Waals surface area contributed by atoms with Crippen molar-refractivity contribution in [2.45, 2.75) is 6.92 Å². The number of benzene rings is 3. The lowest BCUT2D eigenvalue weighted by molar-refractivity contribution is 0.0734. The van der Waals surface area contributed by atoms with Crippen molar-refractivity contribution in [3.8, 4) is 5.75 Å². The Hall–Kier alpha value is -4.82. The van der Waals surface area contributed by atoms with Crippen molar-refractivity contribution in [1.82, 2.24) is 4.57 Å². The van der Waals surface area contributed by atoms with Gasteiger partial charge in [-0.3, -0.25) is 14.4 Å². The number of esters is 1. The number of carbonyl (C=O) groups excluding carboxylic acids is 3. The SMILES string of the molecule is Cc1csc2c1c(OC(=O)c1ccccc1)c(C(=O)N(C(=O)c1ccccc1)c1ccccc1)c(=O)n2C. The van der Waals surface area contributed by atoms with Crippen LogP contribution in [0.3, 0.4) is 0 Å². The highest BCUT2D eigenvalue weighted by molar-refractivity contribution is 7.17. The van der Waals surface area contributed by atoms with Crippen LogP contribution in [-0.4, -0.2) is 22.4 Å². The quantitative estimate of drug-likeness (QED) is 0.221. The molecule has 8 heteroatoms. The fraction of sp³-hybridized carbons (Fsp3) is 0.0667. The number of amides is 2. The fourth-order valence-corrected chi connectivity index (χ4v) is 5.20. The summed E-state index contributed by atoms with van der Waals surface area (Å²) < 4.78 is 7.15. The fourth-order valence-electron chi connectivity index (χ4n) is 4.18. The van der Waals surface area contributed by atoms with E-state index in [2.05, 4.69) is 0 Å². The number of rotatable bonds is 5. The summed E-state index contributed by atoms with van der Waals surface area (Å²) in [5, 5.41) is 2.28. The van der Waals surface area contributed by atoms with Gasteiger partial charge in [-0.05, 0) is 54.3 Å². The second-order valence-corrected chi connectivity index (χ2v) is 9.43. The van der Waals surface area contributed by atoms with Crippen LogP contribution in [0.2, 0.25) is 0 Å². The number of ether oxygens (including phenoxy) is 1. The molecule has 0 saturated carbocycles. The van der Waals surface area contributed by atoms with E-state index in [0.717, 1.165) is 10.5 Å². The molecule has 0 radical (unpaired) electrons. The molecule has 0 aliphatic rings. The largest absolute Gasteiger partial charge is 0.421 e. The van der Waals surface area contributed by atoms with E-state index in [4.69, 9.17) is 4.74 Å². The van der Waals surface area contributed by atoms with E-state index in [9.17, 15) is 19.2 Å². The lowest BCUT2D eigenvalue weighted by atomic mass is 10.1. The Morgan fingerprint density at radius 1 is 0.789 bits per heavy atom. The van der Waals surface area contributed by atoms with Gasteiger partial charge in [0, 0.05) is 12.6 Å². The van der Waals surface area contributed by atoms with Crippen molar-refractivity contribution in [2.24, 2.45) is 7.05 Å². The first-order chi connectivity index (χ1) is 18.4. The molecule has 0 saturated heterocycles. The van der Waals surface area contributed by atoms with Crippen LogP contribution < -0.4 is 15.2 Å². The minimum Gasteiger partial charge on any atom is -0.421 e. The van der Waals surface area contributed by atoms with Crippen molar-refractivity contribution < 1.29 is 19.1 Å². The molecule has 0 spiro atoms. The van der Waals surface area contributed by atoms with E-state index in [0.29, 0.717) is 10.2 Å². The lowest BCUT2D eigenvalue weighted by Gasteiger charge is -2.23. The van der Waals surface area contributed by atoms with Gasteiger partial charge < -0.3 is 9.30 Å². The summed E-state index contributed by atoms with van der Waals surface area (Å²) in [7, 11) is 1.55. The van der Waals surface area contributed by atoms with E-state index in [-0.39, 0.29) is 22.6 Å². The van der Waals surface area contributed by atoms with Crippen LogP contribution in [0.5, 0.6) is 5.75 Å². The summed E-state index contributed by atoms with van der Waals surface area (Å²) >= 11 is 1.30. The molecular formula is C30H22N2O5S. The first kappa shape index (κ1) is 24.9. The highest BCUT2D eigenvalue weighted by Gasteiger charge is 2.34. The molecule has 5 aromatic rings. The summed E-state index contributed by atoms with van der Waals surface area (Å²) in [4.78, 5) is 56.2. The van der Waals surface area contributed by atoms with E-state index in [1.165, 1.54) is 15.9 Å². The van der Waals surface area contributed by atoms with Crippen molar-refractivity contribution in [3.63, 3.8) is 0 Å². The van der Waals surface area contributed by atoms with Crippen LogP contribution in [0, 0.1) is 6.92 Å². The molecule has 0 bridgehead atoms. The lowest BCUT2D eigenvalue weighted by Crippen LogP contribution is -2.41. The number of nitrogens with zero attached hydrogens (tertiary/aromatic N) is 2. The predicted molar refractivity (Wildman–Crippen MR) is 147 cm³/mol. The number of hydrogen-bond donors (Lipinski definition) is 0. The average molecular weight is 523 g/mol. The number of imide groups is 1. The monoisotopic (exact) mass is 522 g/mol. The van der Waals surface area contributed by atoms with Crippen molar-refractivity contribution in [3.05, 3.63) is 129 Å². The highest BCUT2D eigenvalue weighted by Crippen LogP contribution is 2.36. The predicted octanol–water partition coefficient (Wildman–Crippen LogP) is 5.61. The Bertz CT molecular complexity index is 1730. The molecule has 0 N–H and O–H groups in total. The zero-order chi connectivity index (χ0) is 26.8. The third kappa shape index (κ3) is 4.42. The Kier molecular flexibility index (Phi) is 6.72. The van der Waals surface area contributed by atoms with E-state index < -0.39 is 28.9 Å². The number of carbonyl (C=O) groups is 3. The minimum atomic E-state index is -0.894. The number of thiophene rings is 1. The maximum Gasteiger partial charge on any atom is 0.343 e. The Morgan fingerprint density at radius 2 is 1.34 bits per heavy atom. The van der Waals surface area contributed by atoms with Crippen LogP contribution in [0.25, 0.3) is 10.2 Å². The highest BCUT2D eigenvalue weighted by atomic mass is 32.1. The molecule has 188 valence electrons. The van der Waals surface area contributed by atoms with Crippen molar-refractivity contribution >= 4 is 45.0 Å². The maximum atomic E-state index is 14.3. The van der Waals surface area contributed by atoms with Gasteiger partial charge in [0.2, 0.25) is 0 Å². The molecular weight excluding hydrogens is 500 g/mol. The normalized spacial score (nSPS) is 10.8. The third-order valence-corrected chi connectivity index (χ3v) is 7.26. The Morgan fingerprint density at radius 3 is 1.95 bits per heavy atom. The van der Waals surface area contributed by atoms with Crippen LogP contribution in [-0.2, 0) is 7.05 Å². The van der Waals surface area contributed by atoms with E-state index in [1.54, 1.807) is 98.0 Å². The first-order valence-electron chi connectivity index (χ1n) is 11.8. The van der Waals surface area contributed by atoms with E-state index >= 15 is 0 Å². The topological polar surface area (TPSA) is 85.7 Å². The summed E-state index contributed by atoms with van der Waals surface area (Å²) in [6, 6.07) is 25.0. The zero-order valence-electron chi connectivity index (χ0n) is 20.6. The molecule has 0 atom stereocenters. The van der Waals surface area contributed by atoms with Crippen LogP contribution in [0.4, 0.5) is 5.69 Å². The van der Waals surface area contributed by atoms with Crippen LogP contribution in [0.15, 0.2) is 101 Å². The van der Waals surface area contributed by atoms with Gasteiger partial charge in [-0.2, -0.15) is 0 Å². The molecule has 2 aromatic heterocycles. The van der Waals surface area contributed by atoms with E-state index in [1.807, 2.05) is 12.3 Å². The summed E-state index contributed by atoms with van der Waals surface area (Å²) in [6.07, 6.45) is 0. The number of anilines is 1. The van der Waals surface area contributed by atoms with Gasteiger partial charge in [0.05, 0.1) is 16.6 Å². The second kappa shape index (κ2) is 10.3. The molecule has 5 rings (SSSR count). The maximum absolute atomic E-state index is 14.3. The first-order valence-corrected chi connectivity index (χ1v) is 12.6. The number of para-hydroxylation sites is 1. The molecule has 2 heterocycles. The molecule has 0 unspecified atom stereocenters. The van der Waals surface area contributed by atoms with Gasteiger partial charge in [0.25, 0.3) is 17.4 Å². The van der Waals surface area contributed by atoms with Crippen molar-refractivity contribution in [2.75, 3.05) is 4.90 Å². The van der Waals surface area contributed by atoms with Crippen LogP contribution in [0.1, 0.15) is 36.6 Å². The smallest absolute Gasteiger partial charge is 0.343 e. The molecule has 0 aliphatic heterocycles. The van der Waals surface area contributed by atoms with Crippen LogP contribution >= 0.6 is 11.3 Å². The summed E-state index contributed by atoms with van der Waals surface area (Å²) in [5.74, 6) is -2.40. The molecule has 0 fully saturated rings. The number of aryl methyl sites for hydroxylation is 2. The minimum absolute atomic E-state index is 0.164. The molecule has 0 aliphatic carbocycles. The third-order valence-electron chi connectivity index (χ3n) is 6.09. The van der Waals surface area contributed by atoms with Gasteiger partial charge in [-0.15, -0.1) is 11.3 Å². The Labute approximate surface area is 222 Å². The van der Waals surface area contributed by atoms with Gasteiger partial charge in [0.15, 0.2) is 5.75 Å². The van der Waals surface area contributed by atoms with Crippen molar-refractivity contribution in [1.29, 1.82) is 0 Å². The molecule has 38 heavy (non-hydrogen) atoms. The summed E-state index contributed by atoms with van der Waals surface area (Å²) in [6.45, 7) is 1.81. The van der Waals surface area contributed by atoms with Gasteiger partial charge >= 0.3 is 5.97 Å². The molecule has 2 amide bonds. The number of fused-ring (bicyclic) bond motifs is 1. The average Bonchev–Trinajstić information content (AvgIpc) is 3.34. The molecule has 7 nitrogen and oxygen atoms in total. The van der Waals surface area contributed by atoms with Gasteiger partial charge in [0.1, 0.15) is 10.4 Å².